The van der Waals surface area contributed by atoms with E-state index < -0.39 is 7.55 Å². The number of aliphatic hydroxyl groups excluding tert-OH is 1. The number of fused-ring (bicyclic) bond motifs is 5. The van der Waals surface area contributed by atoms with Crippen LogP contribution in [0.2, 0.25) is 0 Å². The number of phenolic OH excluding ortho intramolecular Hbond substituents is 1. The van der Waals surface area contributed by atoms with Gasteiger partial charge in [-0.15, -0.1) is 0 Å². The summed E-state index contributed by atoms with van der Waals surface area (Å²) in [6.07, 6.45) is 5.78. The number of hydrogen-bond donors (Lipinski definition) is 2. The summed E-state index contributed by atoms with van der Waals surface area (Å²) in [4.78, 5) is 13.1. The lowest BCUT2D eigenvalue weighted by molar-refractivity contribution is -0.116. The highest BCUT2D eigenvalue weighted by atomic mass is 31.1. The van der Waals surface area contributed by atoms with Crippen molar-refractivity contribution < 1.29 is 15.0 Å². The highest BCUT2D eigenvalue weighted by molar-refractivity contribution is 7.82. The second-order valence-corrected chi connectivity index (χ2v) is 9.49. The van der Waals surface area contributed by atoms with Crippen LogP contribution in [-0.4, -0.2) is 21.2 Å². The summed E-state index contributed by atoms with van der Waals surface area (Å²) >= 11 is 0. The molecule has 4 heteroatoms. The Labute approximate surface area is 130 Å². The minimum atomic E-state index is -1.27. The van der Waals surface area contributed by atoms with Crippen molar-refractivity contribution in [1.82, 2.24) is 0 Å². The molecule has 0 saturated heterocycles. The minimum Gasteiger partial charge on any atom is -0.508 e. The zero-order valence-electron chi connectivity index (χ0n) is 12.4. The van der Waals surface area contributed by atoms with Crippen LogP contribution >= 0.6 is 7.55 Å². The van der Waals surface area contributed by atoms with Crippen LogP contribution in [0.4, 0.5) is 0 Å². The van der Waals surface area contributed by atoms with E-state index in [0.717, 1.165) is 31.0 Å². The lowest BCUT2D eigenvalue weighted by Gasteiger charge is -2.19. The van der Waals surface area contributed by atoms with E-state index in [9.17, 15) is 15.0 Å². The standard InChI is InChI=1S/C18H19O3P/c19-12-5-6-13(9-1-2-9)14(8-12)22-17(20)15-10-3-4-11(7-10)16(15)18(22)21/h5-6,8-11,15-16H,1-4,7H2,(H-,19,20,21)/p+1. The van der Waals surface area contributed by atoms with Gasteiger partial charge >= 0.3 is 5.52 Å². The number of carbonyl (C=O) groups is 1. The van der Waals surface area contributed by atoms with E-state index in [2.05, 4.69) is 0 Å². The van der Waals surface area contributed by atoms with Crippen LogP contribution < -0.4 is 5.30 Å². The molecule has 3 fully saturated rings. The lowest BCUT2D eigenvalue weighted by atomic mass is 9.81. The van der Waals surface area contributed by atoms with Crippen molar-refractivity contribution in [1.29, 1.82) is 0 Å². The minimum absolute atomic E-state index is 0.0688. The molecule has 114 valence electrons. The summed E-state index contributed by atoms with van der Waals surface area (Å²) in [5.41, 5.74) is 1.93. The Morgan fingerprint density at radius 1 is 1.00 bits per heavy atom. The molecule has 2 N–H and O–H groups in total. The molecule has 0 radical (unpaired) electrons. The van der Waals surface area contributed by atoms with Gasteiger partial charge in [-0.1, -0.05) is 6.07 Å². The average Bonchev–Trinajstić information content (AvgIpc) is 3.03. The molecular formula is C18H20O3P+. The summed E-state index contributed by atoms with van der Waals surface area (Å²) in [5, 5.41) is 21.7. The molecular weight excluding hydrogens is 295 g/mol. The van der Waals surface area contributed by atoms with E-state index >= 15 is 0 Å². The molecule has 1 aliphatic heterocycles. The van der Waals surface area contributed by atoms with Gasteiger partial charge in [0.1, 0.15) is 5.75 Å². The van der Waals surface area contributed by atoms with Gasteiger partial charge in [0.15, 0.2) is 5.30 Å². The maximum absolute atomic E-state index is 13.1. The summed E-state index contributed by atoms with van der Waals surface area (Å²) in [6, 6.07) is 5.43. The summed E-state index contributed by atoms with van der Waals surface area (Å²) in [6.45, 7) is 0. The largest absolute Gasteiger partial charge is 0.508 e. The van der Waals surface area contributed by atoms with Crippen molar-refractivity contribution in [2.45, 2.75) is 38.0 Å². The molecule has 2 bridgehead atoms. The summed E-state index contributed by atoms with van der Waals surface area (Å²) < 4.78 is 0. The first-order valence-corrected chi connectivity index (χ1v) is 9.72. The third-order valence-corrected chi connectivity index (χ3v) is 8.59. The maximum atomic E-state index is 13.1. The number of hydrogen-bond acceptors (Lipinski definition) is 2. The van der Waals surface area contributed by atoms with Crippen LogP contribution in [0.5, 0.6) is 5.75 Å². The van der Waals surface area contributed by atoms with E-state index in [1.165, 1.54) is 12.0 Å². The van der Waals surface area contributed by atoms with Crippen molar-refractivity contribution >= 4 is 23.9 Å². The molecule has 1 aromatic carbocycles. The Morgan fingerprint density at radius 3 is 2.41 bits per heavy atom. The Kier molecular flexibility index (Phi) is 2.67. The quantitative estimate of drug-likeness (QED) is 0.825. The van der Waals surface area contributed by atoms with Crippen LogP contribution in [0.1, 0.15) is 43.6 Å². The zero-order valence-corrected chi connectivity index (χ0v) is 13.3. The number of benzene rings is 1. The molecule has 5 rings (SSSR count). The van der Waals surface area contributed by atoms with E-state index in [1.807, 2.05) is 6.07 Å². The number of phenols is 1. The van der Waals surface area contributed by atoms with Crippen LogP contribution in [0.3, 0.4) is 0 Å². The molecule has 3 nitrogen and oxygen atoms in total. The molecule has 4 aliphatic rings. The van der Waals surface area contributed by atoms with Crippen LogP contribution in [0.25, 0.3) is 0 Å². The predicted octanol–water partition coefficient (Wildman–Crippen LogP) is 3.08. The number of carbonyl (C=O) groups excluding carboxylic acids is 1. The van der Waals surface area contributed by atoms with Gasteiger partial charge in [-0.25, -0.2) is 4.79 Å². The van der Waals surface area contributed by atoms with Crippen molar-refractivity contribution in [3.63, 3.8) is 0 Å². The van der Waals surface area contributed by atoms with Gasteiger partial charge in [0.05, 0.1) is 11.8 Å². The fraction of sp³-hybridized carbons (Fsp3) is 0.556. The zero-order chi connectivity index (χ0) is 15.0. The normalized spacial score (nSPS) is 38.0. The topological polar surface area (TPSA) is 57.5 Å². The first-order chi connectivity index (χ1) is 10.6. The van der Waals surface area contributed by atoms with Crippen LogP contribution in [0, 0.1) is 23.7 Å². The van der Waals surface area contributed by atoms with Crippen LogP contribution in [-0.2, 0) is 4.79 Å². The lowest BCUT2D eigenvalue weighted by Crippen LogP contribution is -2.27. The highest BCUT2D eigenvalue weighted by Crippen LogP contribution is 2.61. The third kappa shape index (κ3) is 1.67. The van der Waals surface area contributed by atoms with E-state index in [0.29, 0.717) is 23.2 Å². The highest BCUT2D eigenvalue weighted by Gasteiger charge is 2.64. The van der Waals surface area contributed by atoms with Crippen molar-refractivity contribution in [2.75, 3.05) is 0 Å². The van der Waals surface area contributed by atoms with Gasteiger partial charge in [-0.3, -0.25) is 0 Å². The molecule has 0 spiro atoms. The van der Waals surface area contributed by atoms with Gasteiger partial charge in [-0.2, -0.15) is 0 Å². The third-order valence-electron chi connectivity index (χ3n) is 6.22. The Bertz CT molecular complexity index is 719. The molecule has 1 aromatic rings. The summed E-state index contributed by atoms with van der Waals surface area (Å²) in [7, 11) is -1.27. The maximum Gasteiger partial charge on any atom is 0.335 e. The first kappa shape index (κ1) is 13.3. The fourth-order valence-corrected chi connectivity index (χ4v) is 7.96. The van der Waals surface area contributed by atoms with Gasteiger partial charge < -0.3 is 10.2 Å². The Balaban J connectivity index is 1.66. The molecule has 1 heterocycles. The number of aliphatic hydroxyl groups is 1. The molecule has 5 unspecified atom stereocenters. The molecule has 0 aromatic heterocycles. The van der Waals surface area contributed by atoms with Crippen molar-refractivity contribution in [3.05, 3.63) is 23.8 Å². The smallest absolute Gasteiger partial charge is 0.335 e. The number of rotatable bonds is 2. The van der Waals surface area contributed by atoms with Crippen LogP contribution in [0.15, 0.2) is 18.2 Å². The number of aromatic hydroxyl groups is 1. The van der Waals surface area contributed by atoms with E-state index in [-0.39, 0.29) is 23.1 Å². The van der Waals surface area contributed by atoms with E-state index in [1.54, 1.807) is 12.1 Å². The molecule has 0 amide bonds. The van der Waals surface area contributed by atoms with Gasteiger partial charge in [0.2, 0.25) is 13.0 Å². The van der Waals surface area contributed by atoms with Gasteiger partial charge in [-0.05, 0) is 55.9 Å². The van der Waals surface area contributed by atoms with E-state index in [4.69, 9.17) is 0 Å². The molecule has 3 saturated carbocycles. The second-order valence-electron chi connectivity index (χ2n) is 7.43. The molecule has 5 atom stereocenters. The van der Waals surface area contributed by atoms with Crippen molar-refractivity contribution in [2.24, 2.45) is 23.7 Å². The monoisotopic (exact) mass is 315 g/mol. The Morgan fingerprint density at radius 2 is 1.73 bits per heavy atom. The average molecular weight is 315 g/mol. The van der Waals surface area contributed by atoms with Crippen molar-refractivity contribution in [3.8, 4) is 5.75 Å². The predicted molar refractivity (Wildman–Crippen MR) is 86.4 cm³/mol. The first-order valence-electron chi connectivity index (χ1n) is 8.38. The molecule has 3 aliphatic carbocycles. The molecule has 22 heavy (non-hydrogen) atoms. The fourth-order valence-electron chi connectivity index (χ4n) is 5.14. The SMILES string of the molecule is O=C1C2C3CCC(C3)C2C(O)=[P+]1c1cc(O)ccc1C1CC1. The summed E-state index contributed by atoms with van der Waals surface area (Å²) in [5.74, 6) is 1.94. The second kappa shape index (κ2) is 4.43. The van der Waals surface area contributed by atoms with Gasteiger partial charge in [0.25, 0.3) is 0 Å². The van der Waals surface area contributed by atoms with Gasteiger partial charge in [0, 0.05) is 11.6 Å². The Hall–Kier alpha value is -1.18.